The van der Waals surface area contributed by atoms with Gasteiger partial charge in [0.25, 0.3) is 0 Å². The Morgan fingerprint density at radius 3 is 2.74 bits per heavy atom. The number of rotatable bonds is 7. The number of amides is 3. The predicted molar refractivity (Wildman–Crippen MR) is 106 cm³/mol. The lowest BCUT2D eigenvalue weighted by atomic mass is 9.96. The molecule has 0 bridgehead atoms. The van der Waals surface area contributed by atoms with Crippen LogP contribution in [0.15, 0.2) is 24.3 Å². The summed E-state index contributed by atoms with van der Waals surface area (Å²) in [5.41, 5.74) is 1.67. The van der Waals surface area contributed by atoms with Gasteiger partial charge in [0.2, 0.25) is 17.7 Å². The summed E-state index contributed by atoms with van der Waals surface area (Å²) in [6.45, 7) is 7.51. The Labute approximate surface area is 161 Å². The molecule has 148 valence electrons. The molecule has 0 saturated carbocycles. The highest BCUT2D eigenvalue weighted by atomic mass is 16.2. The average Bonchev–Trinajstić information content (AvgIpc) is 2.65. The third-order valence-electron chi connectivity index (χ3n) is 4.72. The van der Waals surface area contributed by atoms with E-state index in [2.05, 4.69) is 10.6 Å². The lowest BCUT2D eigenvalue weighted by Gasteiger charge is -2.32. The summed E-state index contributed by atoms with van der Waals surface area (Å²) in [5.74, 6) is 0.245. The molecule has 1 aromatic carbocycles. The number of likely N-dealkylation sites (tertiary alicyclic amines) is 1. The monoisotopic (exact) mass is 373 g/mol. The third-order valence-corrected chi connectivity index (χ3v) is 4.72. The molecule has 1 aliphatic heterocycles. The molecule has 1 aromatic rings. The van der Waals surface area contributed by atoms with Crippen molar-refractivity contribution in [2.45, 2.75) is 53.0 Å². The fourth-order valence-electron chi connectivity index (χ4n) is 3.32. The average molecular weight is 373 g/mol. The van der Waals surface area contributed by atoms with Crippen molar-refractivity contribution in [3.8, 4) is 0 Å². The van der Waals surface area contributed by atoms with Crippen LogP contribution >= 0.6 is 0 Å². The van der Waals surface area contributed by atoms with Crippen molar-refractivity contribution in [3.63, 3.8) is 0 Å². The number of carbonyl (C=O) groups excluding carboxylic acids is 3. The molecular formula is C21H31N3O3. The smallest absolute Gasteiger partial charge is 0.225 e. The molecule has 6 nitrogen and oxygen atoms in total. The Kier molecular flexibility index (Phi) is 7.82. The fraction of sp³-hybridized carbons (Fsp3) is 0.571. The Hall–Kier alpha value is -2.37. The summed E-state index contributed by atoms with van der Waals surface area (Å²) in [7, 11) is 0. The van der Waals surface area contributed by atoms with Gasteiger partial charge in [0.05, 0.1) is 5.92 Å². The van der Waals surface area contributed by atoms with Gasteiger partial charge in [-0.05, 0) is 36.5 Å². The normalized spacial score (nSPS) is 16.9. The number of hydrogen-bond acceptors (Lipinski definition) is 3. The summed E-state index contributed by atoms with van der Waals surface area (Å²) < 4.78 is 0. The van der Waals surface area contributed by atoms with E-state index in [4.69, 9.17) is 0 Å². The van der Waals surface area contributed by atoms with Crippen molar-refractivity contribution in [3.05, 3.63) is 29.8 Å². The summed E-state index contributed by atoms with van der Waals surface area (Å²) in [4.78, 5) is 38.1. The number of benzene rings is 1. The van der Waals surface area contributed by atoms with E-state index in [1.54, 1.807) is 4.90 Å². The molecular weight excluding hydrogens is 342 g/mol. The van der Waals surface area contributed by atoms with Gasteiger partial charge in [0, 0.05) is 38.2 Å². The summed E-state index contributed by atoms with van der Waals surface area (Å²) in [6.07, 6.45) is 2.63. The Balaban J connectivity index is 1.87. The second-order valence-electron chi connectivity index (χ2n) is 7.60. The maximum absolute atomic E-state index is 12.5. The molecule has 0 radical (unpaired) electrons. The third kappa shape index (κ3) is 6.70. The zero-order chi connectivity index (χ0) is 19.8. The molecule has 1 heterocycles. The van der Waals surface area contributed by atoms with Crippen LogP contribution in [0.25, 0.3) is 0 Å². The van der Waals surface area contributed by atoms with Gasteiger partial charge in [-0.1, -0.05) is 32.9 Å². The van der Waals surface area contributed by atoms with Gasteiger partial charge in [0.15, 0.2) is 0 Å². The van der Waals surface area contributed by atoms with Crippen molar-refractivity contribution in [2.75, 3.05) is 18.4 Å². The first kappa shape index (κ1) is 20.9. The van der Waals surface area contributed by atoms with E-state index in [0.717, 1.165) is 30.6 Å². The van der Waals surface area contributed by atoms with E-state index in [0.29, 0.717) is 31.8 Å². The minimum absolute atomic E-state index is 0.00549. The number of hydrogen-bond donors (Lipinski definition) is 2. The van der Waals surface area contributed by atoms with Gasteiger partial charge < -0.3 is 15.5 Å². The van der Waals surface area contributed by atoms with Crippen LogP contribution in [0.5, 0.6) is 0 Å². The van der Waals surface area contributed by atoms with Crippen molar-refractivity contribution >= 4 is 23.4 Å². The van der Waals surface area contributed by atoms with Gasteiger partial charge >= 0.3 is 0 Å². The van der Waals surface area contributed by atoms with Gasteiger partial charge in [-0.15, -0.1) is 0 Å². The second kappa shape index (κ2) is 10.1. The largest absolute Gasteiger partial charge is 0.352 e. The lowest BCUT2D eigenvalue weighted by Crippen LogP contribution is -2.45. The molecule has 6 heteroatoms. The molecule has 1 unspecified atom stereocenters. The van der Waals surface area contributed by atoms with Gasteiger partial charge in [-0.2, -0.15) is 0 Å². The maximum Gasteiger partial charge on any atom is 0.225 e. The number of anilines is 1. The Morgan fingerprint density at radius 1 is 1.26 bits per heavy atom. The number of nitrogens with one attached hydrogen (secondary N) is 2. The van der Waals surface area contributed by atoms with E-state index < -0.39 is 0 Å². The molecule has 0 spiro atoms. The van der Waals surface area contributed by atoms with E-state index in [1.165, 1.54) is 0 Å². The maximum atomic E-state index is 12.5. The minimum atomic E-state index is -0.150. The summed E-state index contributed by atoms with van der Waals surface area (Å²) >= 11 is 0. The van der Waals surface area contributed by atoms with Crippen molar-refractivity contribution in [1.29, 1.82) is 0 Å². The first-order chi connectivity index (χ1) is 12.9. The van der Waals surface area contributed by atoms with Crippen LogP contribution in [0.4, 0.5) is 5.69 Å². The van der Waals surface area contributed by atoms with Crippen LogP contribution in [0.1, 0.15) is 52.0 Å². The Morgan fingerprint density at radius 2 is 2.04 bits per heavy atom. The molecule has 0 aliphatic carbocycles. The highest BCUT2D eigenvalue weighted by Gasteiger charge is 2.27. The van der Waals surface area contributed by atoms with Crippen LogP contribution in [0.2, 0.25) is 0 Å². The summed E-state index contributed by atoms with van der Waals surface area (Å²) in [5, 5.41) is 5.86. The molecule has 1 aliphatic rings. The molecule has 27 heavy (non-hydrogen) atoms. The first-order valence-corrected chi connectivity index (χ1v) is 9.83. The highest BCUT2D eigenvalue weighted by Crippen LogP contribution is 2.18. The zero-order valence-corrected chi connectivity index (χ0v) is 16.6. The molecule has 1 atom stereocenters. The van der Waals surface area contributed by atoms with E-state index in [1.807, 2.05) is 45.0 Å². The van der Waals surface area contributed by atoms with E-state index >= 15 is 0 Å². The fourth-order valence-corrected chi connectivity index (χ4v) is 3.32. The number of nitrogens with zero attached hydrogens (tertiary/aromatic N) is 1. The van der Waals surface area contributed by atoms with Crippen molar-refractivity contribution in [2.24, 2.45) is 11.8 Å². The standard InChI is InChI=1S/C21H31N3O3/c1-4-20(26)24-10-6-8-17(14-24)21(27)22-13-16-7-5-9-18(12-16)23-19(25)11-15(2)3/h5,7,9,12,15,17H,4,6,8,10-11,13-14H2,1-3H3,(H,22,27)(H,23,25). The predicted octanol–water partition coefficient (Wildman–Crippen LogP) is 2.94. The molecule has 2 N–H and O–H groups in total. The highest BCUT2D eigenvalue weighted by molar-refractivity contribution is 5.90. The van der Waals surface area contributed by atoms with Crippen LogP contribution < -0.4 is 10.6 Å². The molecule has 2 rings (SSSR count). The van der Waals surface area contributed by atoms with Crippen LogP contribution in [-0.2, 0) is 20.9 Å². The van der Waals surface area contributed by atoms with Gasteiger partial charge in [-0.25, -0.2) is 0 Å². The van der Waals surface area contributed by atoms with Crippen LogP contribution in [0.3, 0.4) is 0 Å². The molecule has 0 aromatic heterocycles. The Bertz CT molecular complexity index is 672. The topological polar surface area (TPSA) is 78.5 Å². The number of piperidine rings is 1. The first-order valence-electron chi connectivity index (χ1n) is 9.83. The second-order valence-corrected chi connectivity index (χ2v) is 7.60. The van der Waals surface area contributed by atoms with Gasteiger partial charge in [-0.3, -0.25) is 14.4 Å². The van der Waals surface area contributed by atoms with Crippen LogP contribution in [-0.4, -0.2) is 35.7 Å². The zero-order valence-electron chi connectivity index (χ0n) is 16.6. The van der Waals surface area contributed by atoms with Crippen molar-refractivity contribution in [1.82, 2.24) is 10.2 Å². The van der Waals surface area contributed by atoms with Gasteiger partial charge in [0.1, 0.15) is 0 Å². The molecule has 1 saturated heterocycles. The van der Waals surface area contributed by atoms with Crippen molar-refractivity contribution < 1.29 is 14.4 Å². The number of carbonyl (C=O) groups is 3. The van der Waals surface area contributed by atoms with E-state index in [-0.39, 0.29) is 23.6 Å². The van der Waals surface area contributed by atoms with E-state index in [9.17, 15) is 14.4 Å². The van der Waals surface area contributed by atoms with Crippen LogP contribution in [0, 0.1) is 11.8 Å². The lowest BCUT2D eigenvalue weighted by molar-refractivity contribution is -0.135. The summed E-state index contributed by atoms with van der Waals surface area (Å²) in [6, 6.07) is 7.52. The molecule has 1 fully saturated rings. The quantitative estimate of drug-likeness (QED) is 0.771. The minimum Gasteiger partial charge on any atom is -0.352 e. The molecule has 3 amide bonds. The SMILES string of the molecule is CCC(=O)N1CCCC(C(=O)NCc2cccc(NC(=O)CC(C)C)c2)C1.